The molecule has 4 rings (SSSR count). The molecule has 33 nitrogen and oxygen atoms in total. The molecule has 0 aliphatic carbocycles. The SMILES string of the molecule is CCCCOCC1O[C@H](OP(=O)(ONC(C)(CC)CC)O[C@@H]2C(COCCCC)O[C@H](OP(=O)(ONC(C)(CC)CC)O[C@@H]3C(COCCCC)O[C@H](OCCCCCCNC(=O)OCc4ccccc4)C(N=[N+]=[N-])[C@H]3OCCCC)C(N=[N+]=[N-])[C@H]2OCCCC)C(N=[N+]=[N-])[C@@H](OCCCC)[C@@H]1O. The largest absolute Gasteiger partial charge is 0.494 e. The van der Waals surface area contributed by atoms with Crippen molar-refractivity contribution < 1.29 is 98.5 Å². The van der Waals surface area contributed by atoms with E-state index in [2.05, 4.69) is 46.4 Å². The van der Waals surface area contributed by atoms with Gasteiger partial charge in [0.2, 0.25) is 0 Å². The lowest BCUT2D eigenvalue weighted by molar-refractivity contribution is -0.279. The highest BCUT2D eigenvalue weighted by molar-refractivity contribution is 7.48. The van der Waals surface area contributed by atoms with E-state index in [-0.39, 0.29) is 59.5 Å². The van der Waals surface area contributed by atoms with Gasteiger partial charge < -0.3 is 62.5 Å². The van der Waals surface area contributed by atoms with Crippen molar-refractivity contribution >= 4 is 21.7 Å². The first-order chi connectivity index (χ1) is 49.8. The van der Waals surface area contributed by atoms with Gasteiger partial charge in [0.15, 0.2) is 18.9 Å². The van der Waals surface area contributed by atoms with E-state index in [1.807, 2.05) is 113 Å². The first kappa shape index (κ1) is 91.5. The molecule has 1 amide bonds. The number of aliphatic hydroxyl groups is 1. The van der Waals surface area contributed by atoms with Crippen LogP contribution in [0, 0.1) is 0 Å². The number of hydrogen-bond donors (Lipinski definition) is 4. The van der Waals surface area contributed by atoms with Crippen molar-refractivity contribution in [3.05, 3.63) is 67.2 Å². The lowest BCUT2D eigenvalue weighted by Gasteiger charge is -2.47. The maximum Gasteiger partial charge on any atom is 0.494 e. The van der Waals surface area contributed by atoms with Crippen molar-refractivity contribution in [2.24, 2.45) is 15.3 Å². The summed E-state index contributed by atoms with van der Waals surface area (Å²) in [6, 6.07) is 4.89. The summed E-state index contributed by atoms with van der Waals surface area (Å²) >= 11 is 0. The van der Waals surface area contributed by atoms with Crippen molar-refractivity contribution in [2.75, 3.05) is 72.6 Å². The number of rotatable bonds is 58. The monoisotopic (exact) mass is 1510 g/mol. The predicted molar refractivity (Wildman–Crippen MR) is 385 cm³/mol. The molecule has 3 aliphatic rings. The second-order valence-corrected chi connectivity index (χ2v) is 29.5. The number of azide groups is 3. The van der Waals surface area contributed by atoms with Crippen LogP contribution in [0.5, 0.6) is 0 Å². The van der Waals surface area contributed by atoms with E-state index in [4.69, 9.17) is 79.4 Å². The predicted octanol–water partition coefficient (Wildman–Crippen LogP) is 15.3. The van der Waals surface area contributed by atoms with Crippen LogP contribution < -0.4 is 16.3 Å². The molecule has 4 N–H and O–H groups in total. The average molecular weight is 1510 g/mol. The fraction of sp³-hybridized carbons (Fsp3) is 0.897. The van der Waals surface area contributed by atoms with Gasteiger partial charge in [0.1, 0.15) is 73.6 Å². The number of hydrogen-bond acceptors (Lipinski definition) is 26. The Morgan fingerprint density at radius 2 is 0.864 bits per heavy atom. The van der Waals surface area contributed by atoms with Crippen molar-refractivity contribution in [3.63, 3.8) is 0 Å². The van der Waals surface area contributed by atoms with Crippen LogP contribution in [0.3, 0.4) is 0 Å². The molecular weight excluding hydrogens is 1380 g/mol. The van der Waals surface area contributed by atoms with Crippen LogP contribution in [0.25, 0.3) is 31.3 Å². The van der Waals surface area contributed by atoms with E-state index in [0.717, 1.165) is 37.7 Å². The molecule has 3 fully saturated rings. The number of ether oxygens (including phenoxy) is 11. The molecule has 0 spiro atoms. The van der Waals surface area contributed by atoms with E-state index < -0.39 is 125 Å². The second-order valence-electron chi connectivity index (χ2n) is 26.5. The number of phosphoric ester groups is 2. The number of carbonyl (C=O) groups is 1. The maximum absolute atomic E-state index is 16.5. The topological polar surface area (TPSA) is 411 Å². The number of nitrogens with zero attached hydrogens (tertiary/aromatic N) is 9. The zero-order valence-electron chi connectivity index (χ0n) is 63.2. The van der Waals surface area contributed by atoms with E-state index in [1.165, 1.54) is 0 Å². The summed E-state index contributed by atoms with van der Waals surface area (Å²) in [4.78, 5) is 21.9. The first-order valence-electron chi connectivity index (χ1n) is 37.6. The highest BCUT2D eigenvalue weighted by atomic mass is 31.2. The average Bonchev–Trinajstić information content (AvgIpc) is 0.768. The van der Waals surface area contributed by atoms with E-state index in [9.17, 15) is 26.5 Å². The van der Waals surface area contributed by atoms with Crippen molar-refractivity contribution in [2.45, 2.75) is 321 Å². The molecule has 103 heavy (non-hydrogen) atoms. The Kier molecular flexibility index (Phi) is 45.7. The summed E-state index contributed by atoms with van der Waals surface area (Å²) < 4.78 is 142. The highest BCUT2D eigenvalue weighted by Gasteiger charge is 2.58. The summed E-state index contributed by atoms with van der Waals surface area (Å²) in [5.41, 5.74) is 36.0. The molecule has 3 heterocycles. The Labute approximate surface area is 610 Å². The third-order valence-corrected chi connectivity index (χ3v) is 20.9. The molecule has 592 valence electrons. The summed E-state index contributed by atoms with van der Waals surface area (Å²) in [6.07, 6.45) is -5.64. The summed E-state index contributed by atoms with van der Waals surface area (Å²) in [5.74, 6) is 0. The molecule has 17 atom stereocenters. The number of alkyl carbamates (subject to hydrolysis) is 1. The molecule has 0 bridgehead atoms. The second kappa shape index (κ2) is 51.5. The minimum Gasteiger partial charge on any atom is -0.445 e. The summed E-state index contributed by atoms with van der Waals surface area (Å²) in [7, 11) is -10.6. The van der Waals surface area contributed by atoms with Gasteiger partial charge in [0, 0.05) is 78.6 Å². The van der Waals surface area contributed by atoms with Crippen LogP contribution >= 0.6 is 15.6 Å². The zero-order chi connectivity index (χ0) is 75.4. The zero-order valence-corrected chi connectivity index (χ0v) is 65.0. The number of amides is 1. The van der Waals surface area contributed by atoms with Crippen LogP contribution in [0.1, 0.15) is 217 Å². The van der Waals surface area contributed by atoms with E-state index in [1.54, 1.807) is 0 Å². The molecule has 0 saturated carbocycles. The Hall–Kier alpha value is -3.88. The van der Waals surface area contributed by atoms with Gasteiger partial charge >= 0.3 is 21.7 Å². The fourth-order valence-electron chi connectivity index (χ4n) is 10.8. The van der Waals surface area contributed by atoms with Gasteiger partial charge in [-0.15, -0.1) is 0 Å². The first-order valence-corrected chi connectivity index (χ1v) is 40.5. The van der Waals surface area contributed by atoms with Crippen molar-refractivity contribution in [3.8, 4) is 0 Å². The molecule has 8 unspecified atom stereocenters. The minimum absolute atomic E-state index is 0.0232. The summed E-state index contributed by atoms with van der Waals surface area (Å²) in [6.45, 7) is 24.1. The lowest BCUT2D eigenvalue weighted by Crippen LogP contribution is -2.61. The van der Waals surface area contributed by atoms with Gasteiger partial charge in [-0.3, -0.25) is 18.1 Å². The van der Waals surface area contributed by atoms with Crippen LogP contribution in [-0.4, -0.2) is 187 Å². The number of benzene rings is 1. The van der Waals surface area contributed by atoms with Crippen LogP contribution in [0.2, 0.25) is 0 Å². The van der Waals surface area contributed by atoms with E-state index in [0.29, 0.717) is 116 Å². The number of aliphatic hydroxyl groups excluding tert-OH is 1. The number of hydroxylamine groups is 2. The van der Waals surface area contributed by atoms with Crippen LogP contribution in [0.15, 0.2) is 45.7 Å². The standard InChI is InChI=1S/C68H124N12O21P2/c1-13-23-39-85-47-51-57(81)60(88-42-26-16-4)54(73-78-69)64(93-51)98-102(83,100-76-67(11,19-7)20-8)97-59-53(49-87-41-25-15-3)95-65(56(75-80-71)62(59)90-44-28-18-6)99-103(84,101-77-68(12,21-9)22-10)96-58-52(48-86-40-24-14-2)94-63(55(74-79-70)61(58)89-43-27-17-5)91-45-35-30-29-34-38-72-66(82)92-46-50-36-32-31-33-37-50/h31-33,36-37,51-65,76-77,81H,13-30,34-35,38-49H2,1-12H3,(H,72,82)/t51?,52?,53?,54?,55?,56?,57-,58-,59-,60-,61-,62-,63+,64-,65-,102?,103?/m1/s1. The van der Waals surface area contributed by atoms with E-state index >= 15 is 9.13 Å². The van der Waals surface area contributed by atoms with Gasteiger partial charge in [0.25, 0.3) is 0 Å². The quantitative estimate of drug-likeness (QED) is 0.0117. The number of phosphoric acid groups is 2. The number of carbonyl (C=O) groups excluding carboxylic acids is 1. The third-order valence-electron chi connectivity index (χ3n) is 18.4. The molecule has 1 aromatic rings. The maximum atomic E-state index is 16.5. The van der Waals surface area contributed by atoms with Gasteiger partial charge in [0.05, 0.1) is 25.9 Å². The number of unbranched alkanes of at least 4 members (excludes halogenated alkanes) is 9. The molecule has 3 saturated heterocycles. The molecular formula is C68H124N12O21P2. The molecule has 0 radical (unpaired) electrons. The smallest absolute Gasteiger partial charge is 0.445 e. The Bertz CT molecular complexity index is 2710. The lowest BCUT2D eigenvalue weighted by atomic mass is 9.97. The Morgan fingerprint density at radius 1 is 0.485 bits per heavy atom. The number of nitrogens with one attached hydrogen (secondary N) is 3. The highest BCUT2D eigenvalue weighted by Crippen LogP contribution is 2.58. The van der Waals surface area contributed by atoms with Crippen LogP contribution in [-0.2, 0) is 95.2 Å². The third kappa shape index (κ3) is 32.1. The fourth-order valence-corrected chi connectivity index (χ4v) is 13.7. The Morgan fingerprint density at radius 3 is 1.30 bits per heavy atom. The van der Waals surface area contributed by atoms with Crippen molar-refractivity contribution in [1.82, 2.24) is 16.3 Å². The molecule has 1 aromatic carbocycles. The van der Waals surface area contributed by atoms with Gasteiger partial charge in [-0.1, -0.05) is 166 Å². The minimum atomic E-state index is -5.32. The van der Waals surface area contributed by atoms with Crippen LogP contribution in [0.4, 0.5) is 4.79 Å². The molecule has 35 heteroatoms. The van der Waals surface area contributed by atoms with Gasteiger partial charge in [-0.25, -0.2) is 13.9 Å². The molecule has 3 aliphatic heterocycles. The normalized spacial score (nSPS) is 26.4. The van der Waals surface area contributed by atoms with Gasteiger partial charge in [-0.2, -0.15) is 20.2 Å². The Balaban J connectivity index is 1.87. The van der Waals surface area contributed by atoms with Gasteiger partial charge in [-0.05, 0) is 113 Å². The van der Waals surface area contributed by atoms with Crippen molar-refractivity contribution in [1.29, 1.82) is 0 Å². The summed E-state index contributed by atoms with van der Waals surface area (Å²) in [5, 5.41) is 27.0. The molecule has 0 aromatic heterocycles.